The number of nitrogens with two attached hydrogens (primary N) is 1. The standard InChI is InChI=1S/C9H12BrNOS/c10-8-2-1-7(13-8)9(3-4-9)6(12)5-11/h1-2,6,12H,3-5,11H2. The number of rotatable bonds is 3. The van der Waals surface area contributed by atoms with Crippen LogP contribution in [0.4, 0.5) is 0 Å². The summed E-state index contributed by atoms with van der Waals surface area (Å²) < 4.78 is 1.12. The lowest BCUT2D eigenvalue weighted by atomic mass is 9.97. The fraction of sp³-hybridized carbons (Fsp3) is 0.556. The van der Waals surface area contributed by atoms with Gasteiger partial charge in [0, 0.05) is 16.8 Å². The Morgan fingerprint density at radius 2 is 2.31 bits per heavy atom. The largest absolute Gasteiger partial charge is 0.391 e. The molecule has 1 fully saturated rings. The summed E-state index contributed by atoms with van der Waals surface area (Å²) in [6.07, 6.45) is 1.76. The van der Waals surface area contributed by atoms with Crippen molar-refractivity contribution in [1.82, 2.24) is 0 Å². The summed E-state index contributed by atoms with van der Waals surface area (Å²) in [5.74, 6) is 0. The third-order valence-electron chi connectivity index (χ3n) is 2.71. The summed E-state index contributed by atoms with van der Waals surface area (Å²) in [4.78, 5) is 1.26. The molecule has 1 aliphatic carbocycles. The molecule has 1 aromatic rings. The molecule has 3 N–H and O–H groups in total. The number of hydrogen-bond donors (Lipinski definition) is 2. The van der Waals surface area contributed by atoms with Crippen molar-refractivity contribution in [3.8, 4) is 0 Å². The Bertz CT molecular complexity index is 308. The van der Waals surface area contributed by atoms with E-state index >= 15 is 0 Å². The van der Waals surface area contributed by atoms with Gasteiger partial charge in [-0.15, -0.1) is 11.3 Å². The molecule has 72 valence electrons. The molecule has 1 unspecified atom stereocenters. The number of thiophene rings is 1. The second-order valence-electron chi connectivity index (χ2n) is 3.51. The van der Waals surface area contributed by atoms with Crippen LogP contribution in [0.1, 0.15) is 17.7 Å². The second kappa shape index (κ2) is 3.35. The summed E-state index contributed by atoms with van der Waals surface area (Å²) in [6.45, 7) is 0.357. The van der Waals surface area contributed by atoms with E-state index in [9.17, 15) is 5.11 Å². The Labute approximate surface area is 89.9 Å². The quantitative estimate of drug-likeness (QED) is 0.873. The van der Waals surface area contributed by atoms with Gasteiger partial charge in [-0.05, 0) is 40.9 Å². The molecule has 0 aliphatic heterocycles. The first-order chi connectivity index (χ1) is 6.19. The zero-order valence-corrected chi connectivity index (χ0v) is 9.57. The highest BCUT2D eigenvalue weighted by Gasteiger charge is 2.50. The van der Waals surface area contributed by atoms with Crippen molar-refractivity contribution >= 4 is 27.3 Å². The lowest BCUT2D eigenvalue weighted by molar-refractivity contribution is 0.141. The van der Waals surface area contributed by atoms with Gasteiger partial charge in [-0.1, -0.05) is 0 Å². The molecule has 1 saturated carbocycles. The number of aliphatic hydroxyl groups excluding tert-OH is 1. The van der Waals surface area contributed by atoms with Crippen LogP contribution in [0, 0.1) is 0 Å². The topological polar surface area (TPSA) is 46.2 Å². The van der Waals surface area contributed by atoms with Crippen LogP contribution in [0.15, 0.2) is 15.9 Å². The maximum Gasteiger partial charge on any atom is 0.0766 e. The summed E-state index contributed by atoms with van der Waals surface area (Å²) in [7, 11) is 0. The monoisotopic (exact) mass is 261 g/mol. The van der Waals surface area contributed by atoms with Gasteiger partial charge in [0.2, 0.25) is 0 Å². The molecule has 2 nitrogen and oxygen atoms in total. The smallest absolute Gasteiger partial charge is 0.0766 e. The van der Waals surface area contributed by atoms with Crippen LogP contribution in [-0.4, -0.2) is 17.8 Å². The van der Waals surface area contributed by atoms with E-state index in [0.29, 0.717) is 6.54 Å². The van der Waals surface area contributed by atoms with Crippen LogP contribution in [0.2, 0.25) is 0 Å². The molecule has 0 saturated heterocycles. The maximum absolute atomic E-state index is 9.78. The van der Waals surface area contributed by atoms with Crippen molar-refractivity contribution in [2.24, 2.45) is 5.73 Å². The van der Waals surface area contributed by atoms with Gasteiger partial charge >= 0.3 is 0 Å². The number of hydrogen-bond acceptors (Lipinski definition) is 3. The minimum Gasteiger partial charge on any atom is -0.391 e. The van der Waals surface area contributed by atoms with Gasteiger partial charge in [-0.25, -0.2) is 0 Å². The minimum atomic E-state index is -0.377. The van der Waals surface area contributed by atoms with Crippen LogP contribution < -0.4 is 5.73 Å². The number of aliphatic hydroxyl groups is 1. The van der Waals surface area contributed by atoms with E-state index in [1.165, 1.54) is 4.88 Å². The van der Waals surface area contributed by atoms with E-state index in [-0.39, 0.29) is 11.5 Å². The van der Waals surface area contributed by atoms with E-state index < -0.39 is 0 Å². The predicted molar refractivity (Wildman–Crippen MR) is 58.0 cm³/mol. The third kappa shape index (κ3) is 1.56. The lowest BCUT2D eigenvalue weighted by Crippen LogP contribution is -2.32. The van der Waals surface area contributed by atoms with Crippen molar-refractivity contribution in [3.05, 3.63) is 20.8 Å². The van der Waals surface area contributed by atoms with Gasteiger partial charge in [0.1, 0.15) is 0 Å². The molecule has 0 bridgehead atoms. The van der Waals surface area contributed by atoms with E-state index in [1.54, 1.807) is 11.3 Å². The van der Waals surface area contributed by atoms with Crippen LogP contribution in [0.5, 0.6) is 0 Å². The highest BCUT2D eigenvalue weighted by molar-refractivity contribution is 9.11. The molecule has 1 heterocycles. The molecule has 2 rings (SSSR count). The van der Waals surface area contributed by atoms with Crippen molar-refractivity contribution in [3.63, 3.8) is 0 Å². The maximum atomic E-state index is 9.78. The molecular formula is C9H12BrNOS. The first-order valence-electron chi connectivity index (χ1n) is 4.33. The van der Waals surface area contributed by atoms with Crippen LogP contribution in [-0.2, 0) is 5.41 Å². The zero-order valence-electron chi connectivity index (χ0n) is 7.16. The van der Waals surface area contributed by atoms with Gasteiger partial charge in [0.05, 0.1) is 9.89 Å². The van der Waals surface area contributed by atoms with E-state index in [1.807, 2.05) is 6.07 Å². The van der Waals surface area contributed by atoms with Gasteiger partial charge in [0.15, 0.2) is 0 Å². The summed E-state index contributed by atoms with van der Waals surface area (Å²) in [6, 6.07) is 4.12. The van der Waals surface area contributed by atoms with Crippen molar-refractivity contribution in [1.29, 1.82) is 0 Å². The average Bonchev–Trinajstić information content (AvgIpc) is 2.83. The molecule has 1 atom stereocenters. The summed E-state index contributed by atoms with van der Waals surface area (Å²) >= 11 is 5.13. The fourth-order valence-corrected chi connectivity index (χ4v) is 3.37. The van der Waals surface area contributed by atoms with Gasteiger partial charge < -0.3 is 10.8 Å². The van der Waals surface area contributed by atoms with E-state index in [2.05, 4.69) is 22.0 Å². The number of halogens is 1. The highest BCUT2D eigenvalue weighted by Crippen LogP contribution is 2.53. The molecule has 0 aromatic carbocycles. The predicted octanol–water partition coefficient (Wildman–Crippen LogP) is 1.86. The van der Waals surface area contributed by atoms with Crippen LogP contribution >= 0.6 is 27.3 Å². The van der Waals surface area contributed by atoms with E-state index in [4.69, 9.17) is 5.73 Å². The first-order valence-corrected chi connectivity index (χ1v) is 5.94. The van der Waals surface area contributed by atoms with Crippen LogP contribution in [0.25, 0.3) is 0 Å². The molecule has 0 radical (unpaired) electrons. The van der Waals surface area contributed by atoms with Crippen molar-refractivity contribution < 1.29 is 5.11 Å². The third-order valence-corrected chi connectivity index (χ3v) is 4.56. The average molecular weight is 262 g/mol. The van der Waals surface area contributed by atoms with E-state index in [0.717, 1.165) is 16.6 Å². The van der Waals surface area contributed by atoms with Gasteiger partial charge in [-0.2, -0.15) is 0 Å². The fourth-order valence-electron chi connectivity index (χ4n) is 1.69. The molecule has 1 aliphatic rings. The SMILES string of the molecule is NCC(O)C1(c2ccc(Br)s2)CC1. The van der Waals surface area contributed by atoms with Crippen LogP contribution in [0.3, 0.4) is 0 Å². The second-order valence-corrected chi connectivity index (χ2v) is 5.97. The Morgan fingerprint density at radius 3 is 2.69 bits per heavy atom. The van der Waals surface area contributed by atoms with Gasteiger partial charge in [-0.3, -0.25) is 0 Å². The molecule has 0 amide bonds. The van der Waals surface area contributed by atoms with Crippen molar-refractivity contribution in [2.75, 3.05) is 6.54 Å². The minimum absolute atomic E-state index is 0.00850. The molecule has 0 spiro atoms. The normalized spacial score (nSPS) is 21.5. The zero-order chi connectivity index (χ0) is 9.47. The Kier molecular flexibility index (Phi) is 2.49. The van der Waals surface area contributed by atoms with Gasteiger partial charge in [0.25, 0.3) is 0 Å². The lowest BCUT2D eigenvalue weighted by Gasteiger charge is -2.18. The first kappa shape index (κ1) is 9.65. The molecular weight excluding hydrogens is 250 g/mol. The Morgan fingerprint density at radius 1 is 1.62 bits per heavy atom. The molecule has 4 heteroatoms. The Hall–Kier alpha value is 0.1000. The van der Waals surface area contributed by atoms with Crippen molar-refractivity contribution in [2.45, 2.75) is 24.4 Å². The summed E-state index contributed by atoms with van der Waals surface area (Å²) in [5.41, 5.74) is 5.48. The molecule has 13 heavy (non-hydrogen) atoms. The molecule has 1 aromatic heterocycles. The Balaban J connectivity index is 2.25. The summed E-state index contributed by atoms with van der Waals surface area (Å²) in [5, 5.41) is 9.78. The highest BCUT2D eigenvalue weighted by atomic mass is 79.9.